The zero-order chi connectivity index (χ0) is 25.4. The number of aromatic nitrogens is 2. The molecule has 0 unspecified atom stereocenters. The van der Waals surface area contributed by atoms with Gasteiger partial charge in [-0.3, -0.25) is 9.59 Å². The van der Waals surface area contributed by atoms with E-state index in [1.165, 1.54) is 12.1 Å². The normalized spacial score (nSPS) is 11.2. The summed E-state index contributed by atoms with van der Waals surface area (Å²) in [6, 6.07) is 26.7. The van der Waals surface area contributed by atoms with Crippen molar-refractivity contribution in [2.75, 3.05) is 13.1 Å². The summed E-state index contributed by atoms with van der Waals surface area (Å²) in [6.07, 6.45) is 0. The van der Waals surface area contributed by atoms with E-state index < -0.39 is 27.4 Å². The molecule has 0 aliphatic heterocycles. The molecule has 0 aliphatic rings. The van der Waals surface area contributed by atoms with Crippen LogP contribution in [0.2, 0.25) is 0 Å². The molecule has 2 amide bonds. The van der Waals surface area contributed by atoms with E-state index in [1.54, 1.807) is 18.2 Å². The van der Waals surface area contributed by atoms with Gasteiger partial charge in [-0.25, -0.2) is 8.42 Å². The predicted octanol–water partition coefficient (Wildman–Crippen LogP) is 2.72. The fourth-order valence-corrected chi connectivity index (χ4v) is 4.81. The van der Waals surface area contributed by atoms with Crippen LogP contribution in [0.1, 0.15) is 33.6 Å². The van der Waals surface area contributed by atoms with Crippen molar-refractivity contribution in [2.24, 2.45) is 0 Å². The number of nitrogens with zero attached hydrogens (tertiary/aromatic N) is 2. The first-order valence-electron chi connectivity index (χ1n) is 11.2. The molecule has 9 nitrogen and oxygen atoms in total. The lowest BCUT2D eigenvalue weighted by Crippen LogP contribution is -2.37. The highest BCUT2D eigenvalue weighted by Gasteiger charge is 2.23. The Morgan fingerprint density at radius 2 is 1.31 bits per heavy atom. The largest absolute Gasteiger partial charge is 0.354 e. The van der Waals surface area contributed by atoms with E-state index in [2.05, 4.69) is 20.8 Å². The third kappa shape index (κ3) is 6.22. The monoisotopic (exact) mass is 504 g/mol. The highest BCUT2D eigenvalue weighted by molar-refractivity contribution is 7.90. The summed E-state index contributed by atoms with van der Waals surface area (Å²) in [5, 5.41) is 9.02. The summed E-state index contributed by atoms with van der Waals surface area (Å²) < 4.78 is 29.8. The lowest BCUT2D eigenvalue weighted by molar-refractivity contribution is -0.121. The Bertz CT molecular complexity index is 1370. The molecule has 36 heavy (non-hydrogen) atoms. The van der Waals surface area contributed by atoms with Crippen LogP contribution in [0.15, 0.2) is 100 Å². The molecule has 4 aromatic rings. The zero-order valence-corrected chi connectivity index (χ0v) is 20.0. The molecule has 0 bridgehead atoms. The van der Waals surface area contributed by atoms with Gasteiger partial charge < -0.3 is 15.2 Å². The fraction of sp³-hybridized carbons (Fsp3) is 0.154. The van der Waals surface area contributed by atoms with E-state index in [0.717, 1.165) is 11.1 Å². The van der Waals surface area contributed by atoms with E-state index in [0.29, 0.717) is 0 Å². The molecule has 0 aliphatic carbocycles. The van der Waals surface area contributed by atoms with Crippen LogP contribution in [0.4, 0.5) is 0 Å². The Balaban J connectivity index is 1.31. The number of carbonyl (C=O) groups excluding carboxylic acids is 2. The molecular formula is C26H24N4O5S. The summed E-state index contributed by atoms with van der Waals surface area (Å²) in [5.41, 5.74) is 1.71. The summed E-state index contributed by atoms with van der Waals surface area (Å²) >= 11 is 0. The van der Waals surface area contributed by atoms with Crippen LogP contribution in [0.3, 0.4) is 0 Å². The van der Waals surface area contributed by atoms with Gasteiger partial charge in [0.25, 0.3) is 0 Å². The topological polar surface area (TPSA) is 131 Å². The Morgan fingerprint density at radius 1 is 0.778 bits per heavy atom. The summed E-state index contributed by atoms with van der Waals surface area (Å²) in [4.78, 5) is 29.3. The molecule has 4 rings (SSSR count). The van der Waals surface area contributed by atoms with Crippen LogP contribution in [0.25, 0.3) is 0 Å². The Labute approximate surface area is 208 Å². The van der Waals surface area contributed by atoms with Crippen molar-refractivity contribution < 1.29 is 22.5 Å². The van der Waals surface area contributed by atoms with Crippen molar-refractivity contribution >= 4 is 21.7 Å². The standard InChI is InChI=1S/C26H24N4O5S/c31-24(23(19-10-4-1-5-11-19)20-12-6-2-7-13-20)27-16-17-28-25(32)26-29-22(30-35-26)18-36(33,34)21-14-8-3-9-15-21/h1-15,23H,16-18H2,(H,27,31)(H,28,32). The van der Waals surface area contributed by atoms with Gasteiger partial charge in [0.05, 0.1) is 10.8 Å². The number of rotatable bonds is 10. The van der Waals surface area contributed by atoms with Crippen molar-refractivity contribution in [1.82, 2.24) is 20.8 Å². The Morgan fingerprint density at radius 3 is 1.89 bits per heavy atom. The number of amides is 2. The average Bonchev–Trinajstić information content (AvgIpc) is 3.36. The van der Waals surface area contributed by atoms with Crippen LogP contribution < -0.4 is 10.6 Å². The van der Waals surface area contributed by atoms with Gasteiger partial charge in [0.15, 0.2) is 15.7 Å². The fourth-order valence-electron chi connectivity index (χ4n) is 3.61. The minimum absolute atomic E-state index is 0.112. The quantitative estimate of drug-likeness (QED) is 0.318. The number of hydrogen-bond donors (Lipinski definition) is 2. The summed E-state index contributed by atoms with van der Waals surface area (Å²) in [5.74, 6) is -2.33. The molecule has 1 aromatic heterocycles. The Hall–Kier alpha value is -4.31. The maximum absolute atomic E-state index is 13.0. The SMILES string of the molecule is O=C(NCCNC(=O)C(c1ccccc1)c1ccccc1)c1nc(CS(=O)(=O)c2ccccc2)no1. The number of sulfone groups is 1. The van der Waals surface area contributed by atoms with Crippen molar-refractivity contribution in [2.45, 2.75) is 16.6 Å². The second-order valence-corrected chi connectivity index (χ2v) is 9.88. The van der Waals surface area contributed by atoms with E-state index in [4.69, 9.17) is 4.52 Å². The van der Waals surface area contributed by atoms with Crippen LogP contribution in [-0.4, -0.2) is 43.5 Å². The molecule has 0 atom stereocenters. The van der Waals surface area contributed by atoms with Gasteiger partial charge in [-0.15, -0.1) is 0 Å². The average molecular weight is 505 g/mol. The van der Waals surface area contributed by atoms with Crippen molar-refractivity contribution in [3.05, 3.63) is 114 Å². The maximum Gasteiger partial charge on any atom is 0.315 e. The van der Waals surface area contributed by atoms with Gasteiger partial charge in [0.1, 0.15) is 5.75 Å². The third-order valence-corrected chi connectivity index (χ3v) is 6.95. The minimum Gasteiger partial charge on any atom is -0.354 e. The molecule has 1 heterocycles. The van der Waals surface area contributed by atoms with Crippen LogP contribution in [0, 0.1) is 0 Å². The van der Waals surface area contributed by atoms with Gasteiger partial charge >= 0.3 is 11.8 Å². The van der Waals surface area contributed by atoms with Gasteiger partial charge in [-0.05, 0) is 23.3 Å². The molecule has 0 fully saturated rings. The molecule has 2 N–H and O–H groups in total. The first-order chi connectivity index (χ1) is 17.4. The van der Waals surface area contributed by atoms with Crippen molar-refractivity contribution in [3.63, 3.8) is 0 Å². The van der Waals surface area contributed by atoms with Crippen molar-refractivity contribution in [3.8, 4) is 0 Å². The lowest BCUT2D eigenvalue weighted by atomic mass is 9.90. The smallest absolute Gasteiger partial charge is 0.315 e. The van der Waals surface area contributed by atoms with Gasteiger partial charge in [-0.2, -0.15) is 4.98 Å². The first-order valence-corrected chi connectivity index (χ1v) is 12.9. The molecule has 3 aromatic carbocycles. The van der Waals surface area contributed by atoms with Gasteiger partial charge in [-0.1, -0.05) is 84.0 Å². The van der Waals surface area contributed by atoms with E-state index in [1.807, 2.05) is 60.7 Å². The van der Waals surface area contributed by atoms with Gasteiger partial charge in [0, 0.05) is 13.1 Å². The molecule has 10 heteroatoms. The highest BCUT2D eigenvalue weighted by Crippen LogP contribution is 2.24. The van der Waals surface area contributed by atoms with Crippen LogP contribution in [-0.2, 0) is 20.4 Å². The first kappa shape index (κ1) is 24.8. The second-order valence-electron chi connectivity index (χ2n) is 7.89. The van der Waals surface area contributed by atoms with E-state index >= 15 is 0 Å². The molecule has 0 saturated heterocycles. The Kier molecular flexibility index (Phi) is 7.86. The molecule has 184 valence electrons. The predicted molar refractivity (Wildman–Crippen MR) is 132 cm³/mol. The highest BCUT2D eigenvalue weighted by atomic mass is 32.2. The van der Waals surface area contributed by atoms with Crippen molar-refractivity contribution in [1.29, 1.82) is 0 Å². The van der Waals surface area contributed by atoms with Crippen LogP contribution in [0.5, 0.6) is 0 Å². The lowest BCUT2D eigenvalue weighted by Gasteiger charge is -2.18. The minimum atomic E-state index is -3.67. The van der Waals surface area contributed by atoms with Crippen LogP contribution >= 0.6 is 0 Å². The molecule has 0 spiro atoms. The number of hydrogen-bond acceptors (Lipinski definition) is 7. The van der Waals surface area contributed by atoms with Gasteiger partial charge in [0.2, 0.25) is 5.91 Å². The second kappa shape index (κ2) is 11.4. The zero-order valence-electron chi connectivity index (χ0n) is 19.2. The van der Waals surface area contributed by atoms with E-state index in [-0.39, 0.29) is 35.6 Å². The molecule has 0 radical (unpaired) electrons. The number of carbonyl (C=O) groups is 2. The summed E-state index contributed by atoms with van der Waals surface area (Å²) in [7, 11) is -3.67. The number of nitrogens with one attached hydrogen (secondary N) is 2. The molecule has 0 saturated carbocycles. The summed E-state index contributed by atoms with van der Waals surface area (Å²) in [6.45, 7) is 0.283. The van der Waals surface area contributed by atoms with E-state index in [9.17, 15) is 18.0 Å². The molecular weight excluding hydrogens is 480 g/mol. The maximum atomic E-state index is 13.0. The third-order valence-electron chi connectivity index (χ3n) is 5.32. The number of benzene rings is 3.